The van der Waals surface area contributed by atoms with Crippen LogP contribution >= 0.6 is 0 Å². The van der Waals surface area contributed by atoms with E-state index >= 15 is 0 Å². The van der Waals surface area contributed by atoms with Crippen molar-refractivity contribution in [3.63, 3.8) is 0 Å². The molecule has 7 heteroatoms. The summed E-state index contributed by atoms with van der Waals surface area (Å²) < 4.78 is 0. The lowest BCUT2D eigenvalue weighted by atomic mass is 10.0. The molecule has 120 valence electrons. The Kier molecular flexibility index (Phi) is 4.01. The first kappa shape index (κ1) is 15.2. The van der Waals surface area contributed by atoms with Crippen molar-refractivity contribution >= 4 is 5.91 Å². The summed E-state index contributed by atoms with van der Waals surface area (Å²) in [6.45, 7) is 5.16. The average Bonchev–Trinajstić information content (AvgIpc) is 3.07. The third-order valence-corrected chi connectivity index (χ3v) is 4.43. The molecule has 0 bridgehead atoms. The Labute approximate surface area is 129 Å². The number of amides is 1. The van der Waals surface area contributed by atoms with Gasteiger partial charge in [0, 0.05) is 18.8 Å². The lowest BCUT2D eigenvalue weighted by molar-refractivity contribution is 0.0174. The molecule has 1 amide bonds. The summed E-state index contributed by atoms with van der Waals surface area (Å²) in [5.74, 6) is -0.286. The number of hydrogen-bond acceptors (Lipinski definition) is 5. The normalized spacial score (nSPS) is 25.8. The highest BCUT2D eigenvalue weighted by atomic mass is 16.3. The fourth-order valence-corrected chi connectivity index (χ4v) is 3.37. The van der Waals surface area contributed by atoms with E-state index in [1.54, 1.807) is 17.9 Å². The molecule has 0 radical (unpaired) electrons. The Morgan fingerprint density at radius 1 is 1.41 bits per heavy atom. The molecular formula is C15H22N4O3. The molecule has 2 aliphatic rings. The van der Waals surface area contributed by atoms with Gasteiger partial charge in [-0.2, -0.15) is 4.98 Å². The monoisotopic (exact) mass is 306 g/mol. The van der Waals surface area contributed by atoms with E-state index < -0.39 is 11.3 Å². The fraction of sp³-hybridized carbons (Fsp3) is 0.667. The number of β-amino-alcohol motifs (C(OH)–C–C–N with tert-alkyl or cyclic N) is 1. The molecule has 1 unspecified atom stereocenters. The van der Waals surface area contributed by atoms with Crippen LogP contribution in [-0.4, -0.2) is 69.1 Å². The third kappa shape index (κ3) is 3.20. The number of hydrogen-bond donors (Lipinski definition) is 2. The van der Waals surface area contributed by atoms with E-state index in [0.29, 0.717) is 31.7 Å². The molecule has 1 atom stereocenters. The Morgan fingerprint density at radius 3 is 2.82 bits per heavy atom. The van der Waals surface area contributed by atoms with Gasteiger partial charge in [0.05, 0.1) is 12.1 Å². The van der Waals surface area contributed by atoms with Crippen LogP contribution in [0.1, 0.15) is 35.4 Å². The van der Waals surface area contributed by atoms with Gasteiger partial charge in [-0.3, -0.25) is 4.79 Å². The molecule has 2 N–H and O–H groups in total. The smallest absolute Gasteiger partial charge is 0.345 e. The minimum Gasteiger partial charge on any atom is -0.387 e. The van der Waals surface area contributed by atoms with Gasteiger partial charge >= 0.3 is 5.69 Å². The summed E-state index contributed by atoms with van der Waals surface area (Å²) in [5, 5.41) is 10.7. The van der Waals surface area contributed by atoms with Gasteiger partial charge in [-0.25, -0.2) is 4.79 Å². The number of likely N-dealkylation sites (tertiary alicyclic amines) is 2. The topological polar surface area (TPSA) is 89.5 Å². The third-order valence-electron chi connectivity index (χ3n) is 4.43. The average molecular weight is 306 g/mol. The van der Waals surface area contributed by atoms with Crippen LogP contribution in [0, 0.1) is 6.92 Å². The van der Waals surface area contributed by atoms with Gasteiger partial charge < -0.3 is 19.9 Å². The minimum absolute atomic E-state index is 0.145. The second kappa shape index (κ2) is 5.81. The first-order valence-corrected chi connectivity index (χ1v) is 7.77. The Hall–Kier alpha value is -1.73. The summed E-state index contributed by atoms with van der Waals surface area (Å²) >= 11 is 0. The van der Waals surface area contributed by atoms with Crippen molar-refractivity contribution in [3.05, 3.63) is 27.9 Å². The molecule has 3 heterocycles. The van der Waals surface area contributed by atoms with Gasteiger partial charge in [-0.05, 0) is 45.3 Å². The highest BCUT2D eigenvalue weighted by Crippen LogP contribution is 2.25. The molecule has 0 saturated carbocycles. The van der Waals surface area contributed by atoms with Crippen LogP contribution in [0.25, 0.3) is 0 Å². The lowest BCUT2D eigenvalue weighted by Gasteiger charge is -2.28. The van der Waals surface area contributed by atoms with Gasteiger partial charge in [0.15, 0.2) is 0 Å². The molecule has 7 nitrogen and oxygen atoms in total. The molecule has 0 aromatic carbocycles. The predicted octanol–water partition coefficient (Wildman–Crippen LogP) is -0.249. The van der Waals surface area contributed by atoms with E-state index in [-0.39, 0.29) is 11.6 Å². The molecule has 3 rings (SSSR count). The maximum Gasteiger partial charge on any atom is 0.345 e. The number of carbonyl (C=O) groups excluding carboxylic acids is 1. The molecule has 1 aromatic rings. The largest absolute Gasteiger partial charge is 0.387 e. The number of carbonyl (C=O) groups is 1. The number of aryl methyl sites for hydroxylation is 1. The van der Waals surface area contributed by atoms with Gasteiger partial charge in [-0.15, -0.1) is 0 Å². The number of nitrogens with zero attached hydrogens (tertiary/aromatic N) is 3. The van der Waals surface area contributed by atoms with Crippen molar-refractivity contribution in [2.75, 3.05) is 32.7 Å². The fourth-order valence-electron chi connectivity index (χ4n) is 3.37. The Morgan fingerprint density at radius 2 is 2.14 bits per heavy atom. The van der Waals surface area contributed by atoms with Gasteiger partial charge in [0.2, 0.25) is 0 Å². The van der Waals surface area contributed by atoms with E-state index in [1.807, 2.05) is 0 Å². The molecule has 2 fully saturated rings. The van der Waals surface area contributed by atoms with Crippen molar-refractivity contribution in [3.8, 4) is 0 Å². The molecule has 1 aromatic heterocycles. The van der Waals surface area contributed by atoms with Gasteiger partial charge in [-0.1, -0.05) is 0 Å². The van der Waals surface area contributed by atoms with Crippen molar-refractivity contribution in [1.29, 1.82) is 0 Å². The van der Waals surface area contributed by atoms with Gasteiger partial charge in [0.25, 0.3) is 5.91 Å². The maximum atomic E-state index is 12.5. The lowest BCUT2D eigenvalue weighted by Crippen LogP contribution is -2.45. The summed E-state index contributed by atoms with van der Waals surface area (Å²) in [6, 6.07) is 1.57. The highest BCUT2D eigenvalue weighted by molar-refractivity contribution is 5.92. The summed E-state index contributed by atoms with van der Waals surface area (Å²) in [6.07, 6.45) is 2.92. The van der Waals surface area contributed by atoms with E-state index in [4.69, 9.17) is 0 Å². The van der Waals surface area contributed by atoms with Crippen molar-refractivity contribution in [2.24, 2.45) is 0 Å². The number of H-pyrrole nitrogens is 1. The quantitative estimate of drug-likeness (QED) is 0.804. The van der Waals surface area contributed by atoms with Crippen LogP contribution < -0.4 is 5.69 Å². The molecular weight excluding hydrogens is 284 g/mol. The first-order valence-electron chi connectivity index (χ1n) is 7.77. The predicted molar refractivity (Wildman–Crippen MR) is 80.7 cm³/mol. The first-order chi connectivity index (χ1) is 10.5. The Bertz CT molecular complexity index is 623. The van der Waals surface area contributed by atoms with Crippen molar-refractivity contribution in [2.45, 2.75) is 31.8 Å². The SMILES string of the molecule is Cc1cc(C(=O)N2CCC(O)(CN3CCCC3)C2)nc(=O)[nH]1. The summed E-state index contributed by atoms with van der Waals surface area (Å²) in [4.78, 5) is 34.0. The van der Waals surface area contributed by atoms with E-state index in [2.05, 4.69) is 14.9 Å². The van der Waals surface area contributed by atoms with E-state index in [1.165, 1.54) is 12.8 Å². The van der Waals surface area contributed by atoms with Crippen LogP contribution in [0.4, 0.5) is 0 Å². The number of nitrogens with one attached hydrogen (secondary N) is 1. The second-order valence-corrected chi connectivity index (χ2v) is 6.44. The van der Waals surface area contributed by atoms with E-state index in [0.717, 1.165) is 13.1 Å². The number of aromatic nitrogens is 2. The zero-order valence-electron chi connectivity index (χ0n) is 12.8. The maximum absolute atomic E-state index is 12.5. The number of rotatable bonds is 3. The van der Waals surface area contributed by atoms with Crippen LogP contribution in [-0.2, 0) is 0 Å². The number of aromatic amines is 1. The summed E-state index contributed by atoms with van der Waals surface area (Å²) in [5.41, 5.74) is -0.618. The molecule has 0 spiro atoms. The zero-order chi connectivity index (χ0) is 15.7. The second-order valence-electron chi connectivity index (χ2n) is 6.44. The standard InChI is InChI=1S/C15H22N4O3/c1-11-8-12(17-14(21)16-11)13(20)19-7-4-15(22,10-19)9-18-5-2-3-6-18/h8,22H,2-7,9-10H2,1H3,(H,16,17,21). The molecule has 0 aliphatic carbocycles. The van der Waals surface area contributed by atoms with Crippen molar-refractivity contribution in [1.82, 2.24) is 19.8 Å². The minimum atomic E-state index is -0.851. The Balaban J connectivity index is 1.68. The van der Waals surface area contributed by atoms with Crippen LogP contribution in [0.3, 0.4) is 0 Å². The highest BCUT2D eigenvalue weighted by Gasteiger charge is 2.40. The van der Waals surface area contributed by atoms with E-state index in [9.17, 15) is 14.7 Å². The van der Waals surface area contributed by atoms with Crippen molar-refractivity contribution < 1.29 is 9.90 Å². The van der Waals surface area contributed by atoms with Crippen LogP contribution in [0.15, 0.2) is 10.9 Å². The van der Waals surface area contributed by atoms with Crippen LogP contribution in [0.5, 0.6) is 0 Å². The molecule has 22 heavy (non-hydrogen) atoms. The zero-order valence-corrected chi connectivity index (χ0v) is 12.8. The summed E-state index contributed by atoms with van der Waals surface area (Å²) in [7, 11) is 0. The van der Waals surface area contributed by atoms with Crippen LogP contribution in [0.2, 0.25) is 0 Å². The molecule has 2 saturated heterocycles. The van der Waals surface area contributed by atoms with Gasteiger partial charge in [0.1, 0.15) is 5.69 Å². The number of aliphatic hydroxyl groups is 1. The molecule has 2 aliphatic heterocycles.